The maximum atomic E-state index is 13.4. The fourth-order valence-corrected chi connectivity index (χ4v) is 2.65. The minimum Gasteiger partial charge on any atom is -0.209 e. The highest BCUT2D eigenvalue weighted by molar-refractivity contribution is 7.89. The van der Waals surface area contributed by atoms with Crippen LogP contribution in [0.4, 0.5) is 4.39 Å². The van der Waals surface area contributed by atoms with Crippen LogP contribution in [-0.2, 0) is 10.0 Å². The topological polar surface area (TPSA) is 46.2 Å². The van der Waals surface area contributed by atoms with Gasteiger partial charge in [-0.05, 0) is 26.0 Å². The number of halogens is 2. The molecular formula is C9H11ClFNO2S. The van der Waals surface area contributed by atoms with E-state index in [0.717, 1.165) is 0 Å². The normalized spacial score (nSPS) is 12.1. The lowest BCUT2D eigenvalue weighted by Crippen LogP contribution is -2.30. The molecule has 1 aromatic carbocycles. The number of hydrogen-bond donors (Lipinski definition) is 1. The van der Waals surface area contributed by atoms with Gasteiger partial charge in [0.2, 0.25) is 10.0 Å². The monoisotopic (exact) mass is 251 g/mol. The maximum absolute atomic E-state index is 13.4. The van der Waals surface area contributed by atoms with Crippen molar-refractivity contribution in [2.45, 2.75) is 24.8 Å². The zero-order valence-corrected chi connectivity index (χ0v) is 9.86. The minimum atomic E-state index is -3.82. The van der Waals surface area contributed by atoms with E-state index in [1.165, 1.54) is 18.2 Å². The Bertz CT molecular complexity index is 459. The fourth-order valence-electron chi connectivity index (χ4n) is 1.07. The van der Waals surface area contributed by atoms with Gasteiger partial charge in [0.05, 0.1) is 5.02 Å². The molecule has 1 aromatic rings. The Morgan fingerprint density at radius 3 is 2.53 bits per heavy atom. The van der Waals surface area contributed by atoms with Gasteiger partial charge >= 0.3 is 0 Å². The second-order valence-corrected chi connectivity index (χ2v) is 5.42. The number of benzene rings is 1. The van der Waals surface area contributed by atoms with Gasteiger partial charge in [0, 0.05) is 6.04 Å². The molecule has 0 bridgehead atoms. The zero-order valence-electron chi connectivity index (χ0n) is 8.29. The summed E-state index contributed by atoms with van der Waals surface area (Å²) in [5.74, 6) is -0.924. The van der Waals surface area contributed by atoms with Gasteiger partial charge in [0.1, 0.15) is 4.90 Å². The van der Waals surface area contributed by atoms with Crippen molar-refractivity contribution in [1.82, 2.24) is 4.72 Å². The number of nitrogens with one attached hydrogen (secondary N) is 1. The van der Waals surface area contributed by atoms with Crippen molar-refractivity contribution in [3.05, 3.63) is 29.0 Å². The van der Waals surface area contributed by atoms with Crippen LogP contribution in [0.2, 0.25) is 5.02 Å². The molecule has 0 radical (unpaired) electrons. The molecule has 0 aromatic heterocycles. The predicted molar refractivity (Wildman–Crippen MR) is 56.9 cm³/mol. The maximum Gasteiger partial charge on any atom is 0.243 e. The molecule has 0 saturated heterocycles. The van der Waals surface area contributed by atoms with E-state index < -0.39 is 20.7 Å². The first-order valence-corrected chi connectivity index (χ1v) is 6.17. The van der Waals surface area contributed by atoms with Gasteiger partial charge in [-0.15, -0.1) is 0 Å². The average Bonchev–Trinajstić information content (AvgIpc) is 2.07. The van der Waals surface area contributed by atoms with E-state index in [0.29, 0.717) is 0 Å². The molecule has 3 nitrogen and oxygen atoms in total. The van der Waals surface area contributed by atoms with Crippen LogP contribution in [0.15, 0.2) is 23.1 Å². The van der Waals surface area contributed by atoms with E-state index in [2.05, 4.69) is 4.72 Å². The summed E-state index contributed by atoms with van der Waals surface area (Å²) >= 11 is 5.49. The fraction of sp³-hybridized carbons (Fsp3) is 0.333. The predicted octanol–water partition coefficient (Wildman–Crippen LogP) is 2.17. The molecule has 0 unspecified atom stereocenters. The molecule has 0 spiro atoms. The van der Waals surface area contributed by atoms with Crippen LogP contribution in [0.5, 0.6) is 0 Å². The van der Waals surface area contributed by atoms with Gasteiger partial charge in [-0.1, -0.05) is 17.7 Å². The van der Waals surface area contributed by atoms with Crippen LogP contribution >= 0.6 is 11.6 Å². The third-order valence-corrected chi connectivity index (χ3v) is 3.56. The molecule has 1 rings (SSSR count). The van der Waals surface area contributed by atoms with Gasteiger partial charge in [-0.25, -0.2) is 17.5 Å². The molecule has 15 heavy (non-hydrogen) atoms. The summed E-state index contributed by atoms with van der Waals surface area (Å²) in [4.78, 5) is -0.427. The Labute approximate surface area is 93.3 Å². The number of sulfonamides is 1. The first-order chi connectivity index (χ1) is 6.84. The summed E-state index contributed by atoms with van der Waals surface area (Å²) < 4.78 is 38.9. The quantitative estimate of drug-likeness (QED) is 0.895. The van der Waals surface area contributed by atoms with Crippen molar-refractivity contribution >= 4 is 21.6 Å². The van der Waals surface area contributed by atoms with Crippen molar-refractivity contribution in [3.8, 4) is 0 Å². The molecule has 0 heterocycles. The van der Waals surface area contributed by atoms with E-state index in [1.54, 1.807) is 13.8 Å². The van der Waals surface area contributed by atoms with Gasteiger partial charge in [-0.2, -0.15) is 0 Å². The highest BCUT2D eigenvalue weighted by Crippen LogP contribution is 2.21. The minimum absolute atomic E-state index is 0.207. The van der Waals surface area contributed by atoms with Crippen LogP contribution in [0.3, 0.4) is 0 Å². The molecule has 6 heteroatoms. The van der Waals surface area contributed by atoms with Crippen molar-refractivity contribution < 1.29 is 12.8 Å². The second-order valence-electron chi connectivity index (χ2n) is 3.33. The van der Waals surface area contributed by atoms with Crippen molar-refractivity contribution in [2.75, 3.05) is 0 Å². The van der Waals surface area contributed by atoms with Gasteiger partial charge in [0.15, 0.2) is 5.82 Å². The standard InChI is InChI=1S/C9H11ClFNO2S/c1-6(2)12-15(13,14)8-5-3-4-7(10)9(8)11/h3-6,12H,1-2H3. The molecule has 84 valence electrons. The number of hydrogen-bond acceptors (Lipinski definition) is 2. The molecule has 0 fully saturated rings. The lowest BCUT2D eigenvalue weighted by atomic mass is 10.3. The third-order valence-electron chi connectivity index (χ3n) is 1.60. The van der Waals surface area contributed by atoms with Crippen molar-refractivity contribution in [1.29, 1.82) is 0 Å². The lowest BCUT2D eigenvalue weighted by Gasteiger charge is -2.10. The van der Waals surface area contributed by atoms with E-state index in [4.69, 9.17) is 11.6 Å². The smallest absolute Gasteiger partial charge is 0.209 e. The van der Waals surface area contributed by atoms with Gasteiger partial charge in [-0.3, -0.25) is 0 Å². The Kier molecular flexibility index (Phi) is 3.70. The molecule has 0 aliphatic carbocycles. The zero-order chi connectivity index (χ0) is 11.6. The lowest BCUT2D eigenvalue weighted by molar-refractivity contribution is 0.549. The van der Waals surface area contributed by atoms with Gasteiger partial charge in [0.25, 0.3) is 0 Å². The van der Waals surface area contributed by atoms with Crippen LogP contribution in [0.1, 0.15) is 13.8 Å². The highest BCUT2D eigenvalue weighted by Gasteiger charge is 2.21. The van der Waals surface area contributed by atoms with Crippen molar-refractivity contribution in [2.24, 2.45) is 0 Å². The summed E-state index contributed by atoms with van der Waals surface area (Å²) in [6.45, 7) is 3.31. The Morgan fingerprint density at radius 2 is 2.00 bits per heavy atom. The summed E-state index contributed by atoms with van der Waals surface area (Å²) in [6, 6.07) is 3.56. The van der Waals surface area contributed by atoms with E-state index >= 15 is 0 Å². The first kappa shape index (κ1) is 12.4. The Morgan fingerprint density at radius 1 is 1.40 bits per heavy atom. The van der Waals surface area contributed by atoms with E-state index in [-0.39, 0.29) is 11.1 Å². The van der Waals surface area contributed by atoms with E-state index in [1.807, 2.05) is 0 Å². The molecule has 1 N–H and O–H groups in total. The molecular weight excluding hydrogens is 241 g/mol. The van der Waals surface area contributed by atoms with Crippen LogP contribution in [0.25, 0.3) is 0 Å². The first-order valence-electron chi connectivity index (χ1n) is 4.31. The van der Waals surface area contributed by atoms with Crippen LogP contribution in [0, 0.1) is 5.82 Å². The van der Waals surface area contributed by atoms with E-state index in [9.17, 15) is 12.8 Å². The number of rotatable bonds is 3. The second kappa shape index (κ2) is 4.47. The SMILES string of the molecule is CC(C)NS(=O)(=O)c1cccc(Cl)c1F. The molecule has 0 amide bonds. The molecule has 0 aliphatic rings. The summed E-state index contributed by atoms with van der Waals surface area (Å²) in [6.07, 6.45) is 0. The van der Waals surface area contributed by atoms with Crippen LogP contribution in [-0.4, -0.2) is 14.5 Å². The summed E-state index contributed by atoms with van der Waals surface area (Å²) in [7, 11) is -3.82. The summed E-state index contributed by atoms with van der Waals surface area (Å²) in [5, 5.41) is -0.207. The molecule has 0 atom stereocenters. The molecule has 0 saturated carbocycles. The summed E-state index contributed by atoms with van der Waals surface area (Å²) in [5.41, 5.74) is 0. The largest absolute Gasteiger partial charge is 0.243 e. The Hall–Kier alpha value is -0.650. The van der Waals surface area contributed by atoms with Gasteiger partial charge < -0.3 is 0 Å². The Balaban J connectivity index is 3.22. The highest BCUT2D eigenvalue weighted by atomic mass is 35.5. The third kappa shape index (κ3) is 2.90. The van der Waals surface area contributed by atoms with Crippen LogP contribution < -0.4 is 4.72 Å². The molecule has 0 aliphatic heterocycles. The van der Waals surface area contributed by atoms with Crippen molar-refractivity contribution in [3.63, 3.8) is 0 Å². The average molecular weight is 252 g/mol.